The minimum atomic E-state index is -0.0206. The Labute approximate surface area is 144 Å². The van der Waals surface area contributed by atoms with E-state index in [1.54, 1.807) is 0 Å². The van der Waals surface area contributed by atoms with E-state index in [1.165, 1.54) is 0 Å². The number of benzene rings is 1. The third-order valence-electron chi connectivity index (χ3n) is 5.09. The molecule has 0 bridgehead atoms. The lowest BCUT2D eigenvalue weighted by atomic mass is 9.92. The summed E-state index contributed by atoms with van der Waals surface area (Å²) in [4.78, 5) is 12.3. The van der Waals surface area contributed by atoms with Crippen LogP contribution in [0.4, 0.5) is 0 Å². The molecule has 1 aromatic carbocycles. The summed E-state index contributed by atoms with van der Waals surface area (Å²) in [6.45, 7) is 6.71. The summed E-state index contributed by atoms with van der Waals surface area (Å²) >= 11 is 0. The Bertz CT molecular complexity index is 544. The molecule has 2 unspecified atom stereocenters. The summed E-state index contributed by atoms with van der Waals surface area (Å²) in [5, 5.41) is 6.44. The average Bonchev–Trinajstić information content (AvgIpc) is 3.21. The molecule has 2 atom stereocenters. The highest BCUT2D eigenvalue weighted by Crippen LogP contribution is 2.58. The van der Waals surface area contributed by atoms with E-state index in [4.69, 9.17) is 4.74 Å². The van der Waals surface area contributed by atoms with Crippen LogP contribution < -0.4 is 15.4 Å². The van der Waals surface area contributed by atoms with Crippen LogP contribution in [-0.4, -0.2) is 31.6 Å². The quantitative estimate of drug-likeness (QED) is 0.868. The standard InChI is InChI=1S/C18H26N2O2.ClH/c1-13-5-3-4-6-16(13)22-14(2)12-20-17(21)15-11-18(15)7-9-19-10-8-18;/h3-6,14-15,19H,7-12H2,1-2H3,(H,20,21);1H. The minimum Gasteiger partial charge on any atom is -0.489 e. The monoisotopic (exact) mass is 338 g/mol. The zero-order valence-electron chi connectivity index (χ0n) is 13.9. The van der Waals surface area contributed by atoms with E-state index in [2.05, 4.69) is 10.6 Å². The second kappa shape index (κ2) is 7.54. The van der Waals surface area contributed by atoms with Crippen LogP contribution in [-0.2, 0) is 4.79 Å². The summed E-state index contributed by atoms with van der Waals surface area (Å²) in [7, 11) is 0. The minimum absolute atomic E-state index is 0. The first-order chi connectivity index (χ1) is 10.6. The number of nitrogens with one attached hydrogen (secondary N) is 2. The van der Waals surface area contributed by atoms with Gasteiger partial charge in [-0.2, -0.15) is 0 Å². The van der Waals surface area contributed by atoms with Crippen LogP contribution in [0.3, 0.4) is 0 Å². The van der Waals surface area contributed by atoms with Gasteiger partial charge >= 0.3 is 0 Å². The molecule has 1 aliphatic carbocycles. The van der Waals surface area contributed by atoms with Gasteiger partial charge in [0.2, 0.25) is 5.91 Å². The van der Waals surface area contributed by atoms with Gasteiger partial charge in [-0.1, -0.05) is 18.2 Å². The molecule has 2 fully saturated rings. The molecule has 1 spiro atoms. The van der Waals surface area contributed by atoms with Gasteiger partial charge in [0, 0.05) is 5.92 Å². The third-order valence-corrected chi connectivity index (χ3v) is 5.09. The average molecular weight is 339 g/mol. The highest BCUT2D eigenvalue weighted by atomic mass is 35.5. The molecule has 5 heteroatoms. The SMILES string of the molecule is Cc1ccccc1OC(C)CNC(=O)C1CC12CCNCC2.Cl. The van der Waals surface area contributed by atoms with Gasteiger partial charge in [-0.3, -0.25) is 4.79 Å². The van der Waals surface area contributed by atoms with Crippen LogP contribution in [0.5, 0.6) is 5.75 Å². The lowest BCUT2D eigenvalue weighted by Crippen LogP contribution is -2.37. The first-order valence-corrected chi connectivity index (χ1v) is 8.31. The van der Waals surface area contributed by atoms with E-state index in [0.717, 1.165) is 43.7 Å². The Morgan fingerprint density at radius 3 is 2.78 bits per heavy atom. The van der Waals surface area contributed by atoms with E-state index in [9.17, 15) is 4.79 Å². The number of amides is 1. The molecular weight excluding hydrogens is 312 g/mol. The number of ether oxygens (including phenoxy) is 1. The normalized spacial score (nSPS) is 22.8. The molecule has 2 N–H and O–H groups in total. The predicted octanol–water partition coefficient (Wildman–Crippen LogP) is 2.69. The van der Waals surface area contributed by atoms with Crippen molar-refractivity contribution in [2.24, 2.45) is 11.3 Å². The fourth-order valence-corrected chi connectivity index (χ4v) is 3.51. The number of carbonyl (C=O) groups excluding carboxylic acids is 1. The van der Waals surface area contributed by atoms with E-state index >= 15 is 0 Å². The summed E-state index contributed by atoms with van der Waals surface area (Å²) in [5.41, 5.74) is 1.42. The molecule has 0 aromatic heterocycles. The Morgan fingerprint density at radius 2 is 2.09 bits per heavy atom. The highest BCUT2D eigenvalue weighted by Gasteiger charge is 2.57. The maximum atomic E-state index is 12.3. The van der Waals surface area contributed by atoms with Crippen molar-refractivity contribution in [1.29, 1.82) is 0 Å². The number of carbonyl (C=O) groups is 1. The van der Waals surface area contributed by atoms with Gasteiger partial charge in [0.1, 0.15) is 11.9 Å². The molecule has 1 heterocycles. The Kier molecular flexibility index (Phi) is 5.93. The Hall–Kier alpha value is -1.26. The predicted molar refractivity (Wildman–Crippen MR) is 94.2 cm³/mol. The number of hydrogen-bond donors (Lipinski definition) is 2. The molecule has 2 aliphatic rings. The number of piperidine rings is 1. The zero-order chi connectivity index (χ0) is 15.6. The smallest absolute Gasteiger partial charge is 0.223 e. The van der Waals surface area contributed by atoms with Crippen molar-refractivity contribution in [2.75, 3.05) is 19.6 Å². The molecule has 1 amide bonds. The molecule has 0 radical (unpaired) electrons. The van der Waals surface area contributed by atoms with Crippen LogP contribution >= 0.6 is 12.4 Å². The molecule has 128 valence electrons. The molecule has 23 heavy (non-hydrogen) atoms. The van der Waals surface area contributed by atoms with Crippen molar-refractivity contribution in [1.82, 2.24) is 10.6 Å². The second-order valence-corrected chi connectivity index (χ2v) is 6.81. The van der Waals surface area contributed by atoms with Crippen molar-refractivity contribution >= 4 is 18.3 Å². The molecule has 1 saturated carbocycles. The number of rotatable bonds is 5. The van der Waals surface area contributed by atoms with E-state index in [0.29, 0.717) is 12.0 Å². The van der Waals surface area contributed by atoms with Gasteiger partial charge in [-0.25, -0.2) is 0 Å². The van der Waals surface area contributed by atoms with Gasteiger partial charge in [0.25, 0.3) is 0 Å². The molecule has 1 aliphatic heterocycles. The summed E-state index contributed by atoms with van der Waals surface area (Å²) in [6, 6.07) is 7.98. The number of halogens is 1. The van der Waals surface area contributed by atoms with E-state index in [-0.39, 0.29) is 30.3 Å². The van der Waals surface area contributed by atoms with Crippen LogP contribution in [0.1, 0.15) is 31.7 Å². The zero-order valence-corrected chi connectivity index (χ0v) is 14.7. The Morgan fingerprint density at radius 1 is 1.39 bits per heavy atom. The van der Waals surface area contributed by atoms with Gasteiger partial charge in [-0.05, 0) is 63.2 Å². The third kappa shape index (κ3) is 4.18. The van der Waals surface area contributed by atoms with Crippen molar-refractivity contribution in [2.45, 2.75) is 39.2 Å². The van der Waals surface area contributed by atoms with Crippen molar-refractivity contribution in [3.8, 4) is 5.75 Å². The topological polar surface area (TPSA) is 50.4 Å². The summed E-state index contributed by atoms with van der Waals surface area (Å²) in [6.07, 6.45) is 3.32. The largest absolute Gasteiger partial charge is 0.489 e. The van der Waals surface area contributed by atoms with Crippen LogP contribution in [0.15, 0.2) is 24.3 Å². The first kappa shape index (κ1) is 18.1. The first-order valence-electron chi connectivity index (χ1n) is 8.31. The van der Waals surface area contributed by atoms with Crippen LogP contribution in [0.2, 0.25) is 0 Å². The number of aryl methyl sites for hydroxylation is 1. The molecule has 1 aromatic rings. The lowest BCUT2D eigenvalue weighted by Gasteiger charge is -2.23. The van der Waals surface area contributed by atoms with Gasteiger partial charge < -0.3 is 15.4 Å². The fraction of sp³-hybridized carbons (Fsp3) is 0.611. The molecular formula is C18H27ClN2O2. The summed E-state index contributed by atoms with van der Waals surface area (Å²) in [5.74, 6) is 1.33. The van der Waals surface area contributed by atoms with Crippen molar-refractivity contribution < 1.29 is 9.53 Å². The van der Waals surface area contributed by atoms with Crippen LogP contribution in [0, 0.1) is 18.3 Å². The van der Waals surface area contributed by atoms with Crippen LogP contribution in [0.25, 0.3) is 0 Å². The molecule has 3 rings (SSSR count). The molecule has 1 saturated heterocycles. The van der Waals surface area contributed by atoms with Gasteiger partial charge in [0.05, 0.1) is 6.54 Å². The Balaban J connectivity index is 0.00000192. The maximum Gasteiger partial charge on any atom is 0.223 e. The second-order valence-electron chi connectivity index (χ2n) is 6.81. The molecule has 4 nitrogen and oxygen atoms in total. The van der Waals surface area contributed by atoms with Gasteiger partial charge in [0.15, 0.2) is 0 Å². The fourth-order valence-electron chi connectivity index (χ4n) is 3.51. The van der Waals surface area contributed by atoms with E-state index in [1.807, 2.05) is 38.1 Å². The van der Waals surface area contributed by atoms with E-state index < -0.39 is 0 Å². The maximum absolute atomic E-state index is 12.3. The van der Waals surface area contributed by atoms with Gasteiger partial charge in [-0.15, -0.1) is 12.4 Å². The number of hydrogen-bond acceptors (Lipinski definition) is 3. The van der Waals surface area contributed by atoms with Crippen molar-refractivity contribution in [3.05, 3.63) is 29.8 Å². The lowest BCUT2D eigenvalue weighted by molar-refractivity contribution is -0.123. The number of para-hydroxylation sites is 1. The summed E-state index contributed by atoms with van der Waals surface area (Å²) < 4.78 is 5.91. The van der Waals surface area contributed by atoms with Crippen molar-refractivity contribution in [3.63, 3.8) is 0 Å². The highest BCUT2D eigenvalue weighted by molar-refractivity contribution is 5.85.